The Morgan fingerprint density at radius 3 is 2.45 bits per heavy atom. The molecule has 0 spiro atoms. The van der Waals surface area contributed by atoms with Crippen LogP contribution in [0.25, 0.3) is 0 Å². The molecule has 174 valence electrons. The monoisotopic (exact) mass is 453 g/mol. The van der Waals surface area contributed by atoms with E-state index in [1.165, 1.54) is 14.0 Å². The minimum atomic E-state index is -0.368. The molecule has 0 saturated heterocycles. The molecule has 0 saturated carbocycles. The molecule has 1 N–H and O–H groups in total. The Labute approximate surface area is 192 Å². The van der Waals surface area contributed by atoms with Crippen molar-refractivity contribution in [2.24, 2.45) is 7.05 Å². The summed E-state index contributed by atoms with van der Waals surface area (Å²) in [7, 11) is 4.83. The number of hydrogen-bond acceptors (Lipinski definition) is 7. The van der Waals surface area contributed by atoms with E-state index in [0.29, 0.717) is 46.5 Å². The van der Waals surface area contributed by atoms with Crippen LogP contribution in [-0.4, -0.2) is 48.4 Å². The number of hydrogen-bond donors (Lipinski definition) is 1. The standard InChI is InChI=1S/C24H27N3O6/c1-15(14-30-4)32-19-10-17(24(29)25-23-8-9-27(3)26-23)11-20(12-19)33-18-6-7-21(16(2)28)22(13-18)31-5/h6-13,15H,14H2,1-5H3,(H,25,26,29)/t15-/m0/s1. The molecule has 33 heavy (non-hydrogen) atoms. The van der Waals surface area contributed by atoms with Gasteiger partial charge in [-0.25, -0.2) is 0 Å². The third-order valence-corrected chi connectivity index (χ3v) is 4.62. The van der Waals surface area contributed by atoms with Crippen molar-refractivity contribution in [3.05, 3.63) is 59.8 Å². The third-order valence-electron chi connectivity index (χ3n) is 4.62. The zero-order chi connectivity index (χ0) is 24.0. The van der Waals surface area contributed by atoms with Crippen LogP contribution in [0, 0.1) is 0 Å². The lowest BCUT2D eigenvalue weighted by atomic mass is 10.1. The molecule has 0 unspecified atom stereocenters. The van der Waals surface area contributed by atoms with E-state index in [-0.39, 0.29) is 17.8 Å². The van der Waals surface area contributed by atoms with E-state index in [9.17, 15) is 9.59 Å². The van der Waals surface area contributed by atoms with Gasteiger partial charge in [0, 0.05) is 44.1 Å². The van der Waals surface area contributed by atoms with Gasteiger partial charge < -0.3 is 24.3 Å². The smallest absolute Gasteiger partial charge is 0.257 e. The quantitative estimate of drug-likeness (QED) is 0.462. The number of nitrogens with zero attached hydrogens (tertiary/aromatic N) is 2. The number of aromatic nitrogens is 2. The van der Waals surface area contributed by atoms with Gasteiger partial charge in [-0.2, -0.15) is 5.10 Å². The molecule has 1 heterocycles. The number of carbonyl (C=O) groups is 2. The molecule has 0 aliphatic rings. The van der Waals surface area contributed by atoms with E-state index in [4.69, 9.17) is 18.9 Å². The van der Waals surface area contributed by atoms with Crippen LogP contribution >= 0.6 is 0 Å². The topological polar surface area (TPSA) is 101 Å². The number of nitrogens with one attached hydrogen (secondary N) is 1. The highest BCUT2D eigenvalue weighted by Gasteiger charge is 2.15. The van der Waals surface area contributed by atoms with E-state index in [1.54, 1.807) is 67.5 Å². The summed E-state index contributed by atoms with van der Waals surface area (Å²) >= 11 is 0. The van der Waals surface area contributed by atoms with Crippen molar-refractivity contribution in [2.75, 3.05) is 26.1 Å². The lowest BCUT2D eigenvalue weighted by Crippen LogP contribution is -2.18. The van der Waals surface area contributed by atoms with Gasteiger partial charge in [0.2, 0.25) is 0 Å². The van der Waals surface area contributed by atoms with Gasteiger partial charge in [0.1, 0.15) is 29.1 Å². The van der Waals surface area contributed by atoms with Gasteiger partial charge in [0.25, 0.3) is 5.91 Å². The van der Waals surface area contributed by atoms with Gasteiger partial charge in [-0.3, -0.25) is 14.3 Å². The predicted octanol–water partition coefficient (Wildman–Crippen LogP) is 4.09. The Balaban J connectivity index is 1.91. The number of aryl methyl sites for hydroxylation is 1. The fraction of sp³-hybridized carbons (Fsp3) is 0.292. The zero-order valence-electron chi connectivity index (χ0n) is 19.2. The average molecular weight is 453 g/mol. The molecule has 1 aromatic heterocycles. The van der Waals surface area contributed by atoms with Crippen LogP contribution < -0.4 is 19.5 Å². The summed E-state index contributed by atoms with van der Waals surface area (Å²) in [5.41, 5.74) is 0.774. The van der Waals surface area contributed by atoms with Crippen molar-refractivity contribution < 1.29 is 28.5 Å². The van der Waals surface area contributed by atoms with E-state index < -0.39 is 0 Å². The van der Waals surface area contributed by atoms with Gasteiger partial charge in [0.15, 0.2) is 11.6 Å². The van der Waals surface area contributed by atoms with Crippen LogP contribution in [0.2, 0.25) is 0 Å². The number of methoxy groups -OCH3 is 2. The van der Waals surface area contributed by atoms with Crippen LogP contribution in [-0.2, 0) is 11.8 Å². The average Bonchev–Trinajstić information content (AvgIpc) is 3.17. The molecular formula is C24H27N3O6. The Kier molecular flexibility index (Phi) is 7.68. The fourth-order valence-electron chi connectivity index (χ4n) is 3.16. The van der Waals surface area contributed by atoms with Crippen molar-refractivity contribution in [2.45, 2.75) is 20.0 Å². The Morgan fingerprint density at radius 1 is 1.06 bits per heavy atom. The van der Waals surface area contributed by atoms with Crippen molar-refractivity contribution in [3.63, 3.8) is 0 Å². The summed E-state index contributed by atoms with van der Waals surface area (Å²) in [6, 6.07) is 11.5. The molecule has 0 radical (unpaired) electrons. The largest absolute Gasteiger partial charge is 0.496 e. The van der Waals surface area contributed by atoms with Crippen LogP contribution in [0.1, 0.15) is 34.6 Å². The number of Topliss-reactive ketones (excluding diaryl/α,β-unsaturated/α-hetero) is 1. The molecule has 1 atom stereocenters. The molecule has 9 heteroatoms. The number of benzene rings is 2. The Morgan fingerprint density at radius 2 is 1.82 bits per heavy atom. The second-order valence-electron chi connectivity index (χ2n) is 7.43. The number of amides is 1. The summed E-state index contributed by atoms with van der Waals surface area (Å²) in [6.45, 7) is 3.70. The summed E-state index contributed by atoms with van der Waals surface area (Å²) < 4.78 is 23.9. The summed E-state index contributed by atoms with van der Waals surface area (Å²) in [5.74, 6) is 1.59. The molecule has 2 aromatic carbocycles. The van der Waals surface area contributed by atoms with E-state index >= 15 is 0 Å². The molecule has 0 fully saturated rings. The zero-order valence-corrected chi connectivity index (χ0v) is 19.2. The van der Waals surface area contributed by atoms with Crippen LogP contribution in [0.3, 0.4) is 0 Å². The first-order valence-corrected chi connectivity index (χ1v) is 10.3. The lowest BCUT2D eigenvalue weighted by Gasteiger charge is -2.16. The first-order valence-electron chi connectivity index (χ1n) is 10.3. The van der Waals surface area contributed by atoms with Gasteiger partial charge in [-0.05, 0) is 38.1 Å². The summed E-state index contributed by atoms with van der Waals surface area (Å²) in [6.07, 6.45) is 1.49. The molecule has 9 nitrogen and oxygen atoms in total. The van der Waals surface area contributed by atoms with Gasteiger partial charge >= 0.3 is 0 Å². The molecule has 0 aliphatic heterocycles. The first kappa shape index (κ1) is 23.8. The number of rotatable bonds is 10. The van der Waals surface area contributed by atoms with Gasteiger partial charge in [0.05, 0.1) is 19.3 Å². The SMILES string of the molecule is COC[C@H](C)Oc1cc(Oc2ccc(C(C)=O)c(OC)c2)cc(C(=O)Nc2ccn(C)n2)c1. The van der Waals surface area contributed by atoms with Gasteiger partial charge in [-0.15, -0.1) is 0 Å². The molecule has 0 aliphatic carbocycles. The highest BCUT2D eigenvalue weighted by atomic mass is 16.5. The second-order valence-corrected chi connectivity index (χ2v) is 7.43. The predicted molar refractivity (Wildman–Crippen MR) is 123 cm³/mol. The van der Waals surface area contributed by atoms with Crippen LogP contribution in [0.4, 0.5) is 5.82 Å². The maximum Gasteiger partial charge on any atom is 0.257 e. The number of ether oxygens (including phenoxy) is 4. The van der Waals surface area contributed by atoms with Crippen LogP contribution in [0.15, 0.2) is 48.7 Å². The van der Waals surface area contributed by atoms with E-state index in [2.05, 4.69) is 10.4 Å². The van der Waals surface area contributed by atoms with Crippen LogP contribution in [0.5, 0.6) is 23.0 Å². The molecule has 3 aromatic rings. The Hall–Kier alpha value is -3.85. The second kappa shape index (κ2) is 10.6. The number of carbonyl (C=O) groups excluding carboxylic acids is 2. The Bertz CT molecular complexity index is 1140. The minimum absolute atomic E-state index is 0.116. The normalized spacial score (nSPS) is 11.5. The summed E-state index contributed by atoms with van der Waals surface area (Å²) in [5, 5.41) is 6.92. The van der Waals surface area contributed by atoms with Gasteiger partial charge in [-0.1, -0.05) is 0 Å². The highest BCUT2D eigenvalue weighted by Crippen LogP contribution is 2.32. The van der Waals surface area contributed by atoms with Crippen molar-refractivity contribution in [1.29, 1.82) is 0 Å². The number of anilines is 1. The van der Waals surface area contributed by atoms with E-state index in [1.807, 2.05) is 6.92 Å². The highest BCUT2D eigenvalue weighted by molar-refractivity contribution is 6.04. The van der Waals surface area contributed by atoms with Crippen molar-refractivity contribution in [3.8, 4) is 23.0 Å². The first-order chi connectivity index (χ1) is 15.8. The minimum Gasteiger partial charge on any atom is -0.496 e. The maximum absolute atomic E-state index is 12.9. The lowest BCUT2D eigenvalue weighted by molar-refractivity contribution is 0.0915. The summed E-state index contributed by atoms with van der Waals surface area (Å²) in [4.78, 5) is 24.6. The number of ketones is 1. The maximum atomic E-state index is 12.9. The molecule has 3 rings (SSSR count). The van der Waals surface area contributed by atoms with Crippen molar-refractivity contribution >= 4 is 17.5 Å². The third kappa shape index (κ3) is 6.33. The molecule has 0 bridgehead atoms. The van der Waals surface area contributed by atoms with Crippen molar-refractivity contribution in [1.82, 2.24) is 9.78 Å². The van der Waals surface area contributed by atoms with E-state index in [0.717, 1.165) is 0 Å². The fourth-order valence-corrected chi connectivity index (χ4v) is 3.16. The molecule has 1 amide bonds. The molecular weight excluding hydrogens is 426 g/mol.